The Bertz CT molecular complexity index is 411. The van der Waals surface area contributed by atoms with Crippen molar-refractivity contribution in [1.29, 1.82) is 0 Å². The molecule has 1 aliphatic heterocycles. The Morgan fingerprint density at radius 1 is 1.44 bits per heavy atom. The van der Waals surface area contributed by atoms with Gasteiger partial charge in [-0.15, -0.1) is 0 Å². The van der Waals surface area contributed by atoms with E-state index in [1.54, 1.807) is 0 Å². The summed E-state index contributed by atoms with van der Waals surface area (Å²) >= 11 is 0. The summed E-state index contributed by atoms with van der Waals surface area (Å²) in [5.41, 5.74) is 1.95. The molecule has 2 rings (SSSR count). The normalized spacial score (nSPS) is 22.1. The van der Waals surface area contributed by atoms with E-state index in [9.17, 15) is 9.90 Å². The highest BCUT2D eigenvalue weighted by Gasteiger charge is 2.27. The number of nitrogens with zero attached hydrogens (tertiary/aromatic N) is 1. The Labute approximate surface area is 108 Å². The van der Waals surface area contributed by atoms with Crippen LogP contribution >= 0.6 is 0 Å². The predicted octanol–water partition coefficient (Wildman–Crippen LogP) is 1.88. The van der Waals surface area contributed by atoms with Gasteiger partial charge in [-0.1, -0.05) is 29.8 Å². The largest absolute Gasteiger partial charge is 0.393 e. The number of hydrogen-bond donors (Lipinski definition) is 1. The van der Waals surface area contributed by atoms with Crippen LogP contribution in [0.2, 0.25) is 0 Å². The van der Waals surface area contributed by atoms with Crippen LogP contribution in [-0.4, -0.2) is 41.5 Å². The quantitative estimate of drug-likeness (QED) is 0.826. The van der Waals surface area contributed by atoms with Crippen molar-refractivity contribution in [3.05, 3.63) is 35.4 Å². The second-order valence-electron chi connectivity index (χ2n) is 5.31. The molecule has 1 aromatic carbocycles. The molecule has 2 atom stereocenters. The summed E-state index contributed by atoms with van der Waals surface area (Å²) in [6.07, 6.45) is 0.711. The molecule has 1 aliphatic rings. The van der Waals surface area contributed by atoms with Crippen LogP contribution in [0.25, 0.3) is 0 Å². The molecule has 0 radical (unpaired) electrons. The highest BCUT2D eigenvalue weighted by molar-refractivity contribution is 5.97. The fraction of sp³-hybridized carbons (Fsp3) is 0.533. The van der Waals surface area contributed by atoms with E-state index in [4.69, 9.17) is 0 Å². The van der Waals surface area contributed by atoms with Crippen molar-refractivity contribution in [3.63, 3.8) is 0 Å². The van der Waals surface area contributed by atoms with Gasteiger partial charge in [-0.2, -0.15) is 0 Å². The standard InChI is InChI=1S/C15H21NO2/c1-11-3-5-13(6-4-11)15(18)10-16-8-7-14(9-16)12(2)17/h3-6,12,14,17H,7-10H2,1-2H3. The molecule has 0 bridgehead atoms. The van der Waals surface area contributed by atoms with Crippen molar-refractivity contribution in [2.75, 3.05) is 19.6 Å². The molecule has 1 aromatic rings. The number of hydrogen-bond acceptors (Lipinski definition) is 3. The molecule has 3 heteroatoms. The Balaban J connectivity index is 1.91. The van der Waals surface area contributed by atoms with Gasteiger partial charge in [-0.05, 0) is 32.7 Å². The SMILES string of the molecule is Cc1ccc(C(=O)CN2CCC(C(C)O)C2)cc1. The topological polar surface area (TPSA) is 40.5 Å². The molecule has 0 saturated carbocycles. The third-order valence-corrected chi connectivity index (χ3v) is 3.73. The maximum Gasteiger partial charge on any atom is 0.176 e. The summed E-state index contributed by atoms with van der Waals surface area (Å²) in [4.78, 5) is 14.2. The van der Waals surface area contributed by atoms with Gasteiger partial charge in [0.1, 0.15) is 0 Å². The minimum Gasteiger partial charge on any atom is -0.393 e. The monoisotopic (exact) mass is 247 g/mol. The maximum atomic E-state index is 12.1. The molecule has 3 nitrogen and oxygen atoms in total. The average Bonchev–Trinajstić information content (AvgIpc) is 2.78. The smallest absolute Gasteiger partial charge is 0.176 e. The summed E-state index contributed by atoms with van der Waals surface area (Å²) < 4.78 is 0. The number of Topliss-reactive ketones (excluding diaryl/α,β-unsaturated/α-hetero) is 1. The van der Waals surface area contributed by atoms with Crippen molar-refractivity contribution in [3.8, 4) is 0 Å². The van der Waals surface area contributed by atoms with Gasteiger partial charge in [0.15, 0.2) is 5.78 Å². The van der Waals surface area contributed by atoms with Gasteiger partial charge < -0.3 is 5.11 Å². The number of aliphatic hydroxyl groups is 1. The van der Waals surface area contributed by atoms with Crippen LogP contribution < -0.4 is 0 Å². The van der Waals surface area contributed by atoms with E-state index in [1.165, 1.54) is 5.56 Å². The van der Waals surface area contributed by atoms with Crippen molar-refractivity contribution in [2.45, 2.75) is 26.4 Å². The maximum absolute atomic E-state index is 12.1. The summed E-state index contributed by atoms with van der Waals surface area (Å²) in [7, 11) is 0. The Morgan fingerprint density at radius 3 is 2.67 bits per heavy atom. The summed E-state index contributed by atoms with van der Waals surface area (Å²) in [6, 6.07) is 7.71. The zero-order valence-electron chi connectivity index (χ0n) is 11.1. The molecule has 0 aromatic heterocycles. The van der Waals surface area contributed by atoms with Crippen LogP contribution in [0.5, 0.6) is 0 Å². The highest BCUT2D eigenvalue weighted by Crippen LogP contribution is 2.19. The number of likely N-dealkylation sites (tertiary alicyclic amines) is 1. The van der Waals surface area contributed by atoms with Crippen LogP contribution in [0.4, 0.5) is 0 Å². The van der Waals surface area contributed by atoms with E-state index in [0.29, 0.717) is 12.5 Å². The third-order valence-electron chi connectivity index (χ3n) is 3.73. The zero-order chi connectivity index (χ0) is 13.1. The fourth-order valence-electron chi connectivity index (χ4n) is 2.43. The van der Waals surface area contributed by atoms with Crippen molar-refractivity contribution in [1.82, 2.24) is 4.90 Å². The van der Waals surface area contributed by atoms with Crippen LogP contribution in [0.1, 0.15) is 29.3 Å². The van der Waals surface area contributed by atoms with E-state index in [-0.39, 0.29) is 11.9 Å². The molecule has 1 heterocycles. The third kappa shape index (κ3) is 3.18. The molecule has 0 aliphatic carbocycles. The Hall–Kier alpha value is -1.19. The first-order chi connectivity index (χ1) is 8.56. The van der Waals surface area contributed by atoms with Crippen LogP contribution in [0.3, 0.4) is 0 Å². The van der Waals surface area contributed by atoms with E-state index in [1.807, 2.05) is 38.1 Å². The first-order valence-corrected chi connectivity index (χ1v) is 6.56. The van der Waals surface area contributed by atoms with E-state index >= 15 is 0 Å². The molecule has 98 valence electrons. The van der Waals surface area contributed by atoms with Crippen molar-refractivity contribution >= 4 is 5.78 Å². The van der Waals surface area contributed by atoms with E-state index in [2.05, 4.69) is 4.90 Å². The molecule has 1 saturated heterocycles. The minimum absolute atomic E-state index is 0.168. The van der Waals surface area contributed by atoms with E-state index < -0.39 is 0 Å². The van der Waals surface area contributed by atoms with Gasteiger partial charge in [0.2, 0.25) is 0 Å². The number of carbonyl (C=O) groups excluding carboxylic acids is 1. The van der Waals surface area contributed by atoms with Crippen molar-refractivity contribution < 1.29 is 9.90 Å². The van der Waals surface area contributed by atoms with Crippen molar-refractivity contribution in [2.24, 2.45) is 5.92 Å². The fourth-order valence-corrected chi connectivity index (χ4v) is 2.43. The minimum atomic E-state index is -0.274. The van der Waals surface area contributed by atoms with Gasteiger partial charge in [-0.3, -0.25) is 9.69 Å². The van der Waals surface area contributed by atoms with Gasteiger partial charge in [-0.25, -0.2) is 0 Å². The summed E-state index contributed by atoms with van der Waals surface area (Å²) in [6.45, 7) is 6.05. The molecule has 18 heavy (non-hydrogen) atoms. The lowest BCUT2D eigenvalue weighted by Crippen LogP contribution is -2.29. The molecule has 1 fully saturated rings. The molecule has 1 N–H and O–H groups in total. The predicted molar refractivity (Wildman–Crippen MR) is 71.7 cm³/mol. The molecule has 0 amide bonds. The first kappa shape index (κ1) is 13.2. The second kappa shape index (κ2) is 5.63. The molecule has 0 spiro atoms. The summed E-state index contributed by atoms with van der Waals surface area (Å²) in [5.74, 6) is 0.483. The summed E-state index contributed by atoms with van der Waals surface area (Å²) in [5, 5.41) is 9.54. The number of aryl methyl sites for hydroxylation is 1. The second-order valence-corrected chi connectivity index (χ2v) is 5.31. The highest BCUT2D eigenvalue weighted by atomic mass is 16.3. The number of ketones is 1. The van der Waals surface area contributed by atoms with Gasteiger partial charge in [0, 0.05) is 12.1 Å². The van der Waals surface area contributed by atoms with Gasteiger partial charge >= 0.3 is 0 Å². The number of carbonyl (C=O) groups is 1. The van der Waals surface area contributed by atoms with Crippen LogP contribution in [-0.2, 0) is 0 Å². The van der Waals surface area contributed by atoms with E-state index in [0.717, 1.165) is 25.1 Å². The zero-order valence-corrected chi connectivity index (χ0v) is 11.1. The Morgan fingerprint density at radius 2 is 2.11 bits per heavy atom. The lowest BCUT2D eigenvalue weighted by Gasteiger charge is -2.16. The van der Waals surface area contributed by atoms with Crippen LogP contribution in [0.15, 0.2) is 24.3 Å². The van der Waals surface area contributed by atoms with Gasteiger partial charge in [0.05, 0.1) is 12.6 Å². The average molecular weight is 247 g/mol. The molecule has 2 unspecified atom stereocenters. The molecular weight excluding hydrogens is 226 g/mol. The van der Waals surface area contributed by atoms with Gasteiger partial charge in [0.25, 0.3) is 0 Å². The number of benzene rings is 1. The number of aliphatic hydroxyl groups excluding tert-OH is 1. The lowest BCUT2D eigenvalue weighted by atomic mass is 10.0. The number of rotatable bonds is 4. The van der Waals surface area contributed by atoms with Crippen LogP contribution in [0, 0.1) is 12.8 Å². The molecular formula is C15H21NO2. The lowest BCUT2D eigenvalue weighted by molar-refractivity contribution is 0.0925. The first-order valence-electron chi connectivity index (χ1n) is 6.56. The Kier molecular flexibility index (Phi) is 4.15.